The first-order chi connectivity index (χ1) is 14.2. The van der Waals surface area contributed by atoms with Gasteiger partial charge in [-0.3, -0.25) is 9.59 Å². The molecule has 0 N–H and O–H groups in total. The number of para-hydroxylation sites is 2. The molecule has 1 aliphatic rings. The summed E-state index contributed by atoms with van der Waals surface area (Å²) in [5.74, 6) is 0.187. The lowest BCUT2D eigenvalue weighted by Gasteiger charge is -2.26. The van der Waals surface area contributed by atoms with Crippen molar-refractivity contribution in [2.45, 2.75) is 19.3 Å². The lowest BCUT2D eigenvalue weighted by molar-refractivity contribution is -0.134. The Labute approximate surface area is 169 Å². The van der Waals surface area contributed by atoms with Gasteiger partial charge in [-0.1, -0.05) is 30.3 Å². The summed E-state index contributed by atoms with van der Waals surface area (Å²) in [6.45, 7) is 1.50. The average Bonchev–Trinajstić information content (AvgIpc) is 3.29. The van der Waals surface area contributed by atoms with Gasteiger partial charge in [0, 0.05) is 19.3 Å². The molecule has 0 atom stereocenters. The molecule has 0 saturated carbocycles. The molecule has 3 aromatic rings. The van der Waals surface area contributed by atoms with Gasteiger partial charge in [0.15, 0.2) is 12.4 Å². The molecule has 1 aliphatic heterocycles. The van der Waals surface area contributed by atoms with E-state index in [2.05, 4.69) is 5.10 Å². The van der Waals surface area contributed by atoms with Gasteiger partial charge in [0.05, 0.1) is 23.0 Å². The number of rotatable bonds is 6. The van der Waals surface area contributed by atoms with E-state index in [1.807, 2.05) is 35.2 Å². The van der Waals surface area contributed by atoms with Crippen LogP contribution in [0.2, 0.25) is 0 Å². The number of hydrogen-bond acceptors (Lipinski definition) is 4. The van der Waals surface area contributed by atoms with E-state index in [-0.39, 0.29) is 18.3 Å². The van der Waals surface area contributed by atoms with Crippen molar-refractivity contribution in [1.29, 1.82) is 0 Å². The van der Waals surface area contributed by atoms with Crippen molar-refractivity contribution in [3.05, 3.63) is 78.1 Å². The molecule has 2 aromatic carbocycles. The highest BCUT2D eigenvalue weighted by atomic mass is 16.5. The van der Waals surface area contributed by atoms with E-state index >= 15 is 0 Å². The van der Waals surface area contributed by atoms with Crippen molar-refractivity contribution in [1.82, 2.24) is 14.7 Å². The van der Waals surface area contributed by atoms with Gasteiger partial charge in [-0.2, -0.15) is 5.10 Å². The molecule has 1 aromatic heterocycles. The minimum atomic E-state index is -0.187. The summed E-state index contributed by atoms with van der Waals surface area (Å²) in [4.78, 5) is 27.2. The summed E-state index contributed by atoms with van der Waals surface area (Å²) in [6.07, 6.45) is 6.48. The van der Waals surface area contributed by atoms with Gasteiger partial charge in [-0.05, 0) is 43.5 Å². The zero-order valence-corrected chi connectivity index (χ0v) is 16.2. The van der Waals surface area contributed by atoms with Gasteiger partial charge in [0.25, 0.3) is 5.91 Å². The second kappa shape index (κ2) is 8.73. The predicted molar refractivity (Wildman–Crippen MR) is 109 cm³/mol. The zero-order chi connectivity index (χ0) is 20.1. The van der Waals surface area contributed by atoms with Crippen LogP contribution in [-0.2, 0) is 4.79 Å². The number of amides is 1. The van der Waals surface area contributed by atoms with E-state index < -0.39 is 0 Å². The number of nitrogens with zero attached hydrogens (tertiary/aromatic N) is 3. The van der Waals surface area contributed by atoms with Crippen molar-refractivity contribution in [2.75, 3.05) is 19.7 Å². The molecule has 1 saturated heterocycles. The third kappa shape index (κ3) is 4.37. The molecule has 2 heterocycles. The third-order valence-electron chi connectivity index (χ3n) is 5.06. The topological polar surface area (TPSA) is 64.4 Å². The van der Waals surface area contributed by atoms with E-state index in [1.54, 1.807) is 41.3 Å². The molecular formula is C23H23N3O3. The van der Waals surface area contributed by atoms with E-state index in [9.17, 15) is 9.59 Å². The Bertz CT molecular complexity index is 991. The molecule has 4 rings (SSSR count). The number of piperidine rings is 1. The van der Waals surface area contributed by atoms with Crippen molar-refractivity contribution in [2.24, 2.45) is 0 Å². The van der Waals surface area contributed by atoms with Crippen LogP contribution in [0.25, 0.3) is 5.69 Å². The van der Waals surface area contributed by atoms with Crippen LogP contribution in [0.4, 0.5) is 0 Å². The molecule has 148 valence electrons. The summed E-state index contributed by atoms with van der Waals surface area (Å²) in [6, 6.07) is 16.6. The molecular weight excluding hydrogens is 366 g/mol. The maximum Gasteiger partial charge on any atom is 0.260 e. The summed E-state index contributed by atoms with van der Waals surface area (Å²) in [7, 11) is 0. The Morgan fingerprint density at radius 1 is 0.931 bits per heavy atom. The number of benzene rings is 2. The highest BCUT2D eigenvalue weighted by molar-refractivity contribution is 6.10. The van der Waals surface area contributed by atoms with Crippen molar-refractivity contribution in [3.63, 3.8) is 0 Å². The van der Waals surface area contributed by atoms with Crippen LogP contribution in [-0.4, -0.2) is 46.1 Å². The molecule has 6 nitrogen and oxygen atoms in total. The molecule has 0 aliphatic carbocycles. The third-order valence-corrected chi connectivity index (χ3v) is 5.06. The average molecular weight is 389 g/mol. The van der Waals surface area contributed by atoms with Crippen LogP contribution in [0.15, 0.2) is 67.0 Å². The largest absolute Gasteiger partial charge is 0.483 e. The SMILES string of the molecule is O=C(c1cnn(-c2ccccc2)c1)c1ccccc1OCC(=O)N1CCCCC1. The number of ketones is 1. The summed E-state index contributed by atoms with van der Waals surface area (Å²) in [5.41, 5.74) is 1.77. The molecule has 0 unspecified atom stereocenters. The van der Waals surface area contributed by atoms with E-state index in [0.29, 0.717) is 16.9 Å². The Morgan fingerprint density at radius 2 is 1.66 bits per heavy atom. The standard InChI is InChI=1S/C23H23N3O3/c27-22(25-13-7-2-8-14-25)17-29-21-12-6-5-11-20(21)23(28)18-15-24-26(16-18)19-9-3-1-4-10-19/h1,3-6,9-12,15-16H,2,7-8,13-14,17H2. The fourth-order valence-corrected chi connectivity index (χ4v) is 3.47. The monoisotopic (exact) mass is 389 g/mol. The fraction of sp³-hybridized carbons (Fsp3) is 0.261. The van der Waals surface area contributed by atoms with Gasteiger partial charge in [0.1, 0.15) is 5.75 Å². The normalized spacial score (nSPS) is 13.9. The second-order valence-electron chi connectivity index (χ2n) is 7.06. The molecule has 0 radical (unpaired) electrons. The molecule has 0 spiro atoms. The van der Waals surface area contributed by atoms with Crippen molar-refractivity contribution >= 4 is 11.7 Å². The van der Waals surface area contributed by atoms with Crippen LogP contribution in [0.3, 0.4) is 0 Å². The van der Waals surface area contributed by atoms with Gasteiger partial charge < -0.3 is 9.64 Å². The first-order valence-corrected chi connectivity index (χ1v) is 9.87. The van der Waals surface area contributed by atoms with Crippen LogP contribution in [0, 0.1) is 0 Å². The van der Waals surface area contributed by atoms with E-state index in [4.69, 9.17) is 4.74 Å². The smallest absolute Gasteiger partial charge is 0.260 e. The maximum absolute atomic E-state index is 13.0. The highest BCUT2D eigenvalue weighted by Crippen LogP contribution is 2.22. The fourth-order valence-electron chi connectivity index (χ4n) is 3.47. The first kappa shape index (κ1) is 18.9. The maximum atomic E-state index is 13.0. The molecule has 1 fully saturated rings. The van der Waals surface area contributed by atoms with Gasteiger partial charge in [-0.15, -0.1) is 0 Å². The number of aromatic nitrogens is 2. The number of hydrogen-bond donors (Lipinski definition) is 0. The summed E-state index contributed by atoms with van der Waals surface area (Å²) >= 11 is 0. The van der Waals surface area contributed by atoms with Crippen LogP contribution in [0.5, 0.6) is 5.75 Å². The molecule has 29 heavy (non-hydrogen) atoms. The van der Waals surface area contributed by atoms with Gasteiger partial charge >= 0.3 is 0 Å². The van der Waals surface area contributed by atoms with Gasteiger partial charge in [-0.25, -0.2) is 4.68 Å². The van der Waals surface area contributed by atoms with Gasteiger partial charge in [0.2, 0.25) is 0 Å². The molecule has 0 bridgehead atoms. The van der Waals surface area contributed by atoms with Crippen LogP contribution in [0.1, 0.15) is 35.2 Å². The summed E-state index contributed by atoms with van der Waals surface area (Å²) in [5, 5.41) is 4.29. The minimum Gasteiger partial charge on any atom is -0.483 e. The van der Waals surface area contributed by atoms with E-state index in [0.717, 1.165) is 31.6 Å². The Hall–Kier alpha value is -3.41. The first-order valence-electron chi connectivity index (χ1n) is 9.87. The second-order valence-corrected chi connectivity index (χ2v) is 7.06. The quantitative estimate of drug-likeness (QED) is 0.606. The summed E-state index contributed by atoms with van der Waals surface area (Å²) < 4.78 is 7.41. The number of ether oxygens (including phenoxy) is 1. The predicted octanol–water partition coefficient (Wildman–Crippen LogP) is 3.49. The number of likely N-dealkylation sites (tertiary alicyclic amines) is 1. The zero-order valence-electron chi connectivity index (χ0n) is 16.2. The lowest BCUT2D eigenvalue weighted by Crippen LogP contribution is -2.38. The van der Waals surface area contributed by atoms with Crippen molar-refractivity contribution in [3.8, 4) is 11.4 Å². The lowest BCUT2D eigenvalue weighted by atomic mass is 10.1. The minimum absolute atomic E-state index is 0.0381. The number of carbonyl (C=O) groups is 2. The Kier molecular flexibility index (Phi) is 5.70. The molecule has 6 heteroatoms. The number of carbonyl (C=O) groups excluding carboxylic acids is 2. The van der Waals surface area contributed by atoms with Crippen LogP contribution >= 0.6 is 0 Å². The van der Waals surface area contributed by atoms with E-state index in [1.165, 1.54) is 6.42 Å². The van der Waals surface area contributed by atoms with Crippen molar-refractivity contribution < 1.29 is 14.3 Å². The Balaban J connectivity index is 1.48. The van der Waals surface area contributed by atoms with Crippen LogP contribution < -0.4 is 4.74 Å². The highest BCUT2D eigenvalue weighted by Gasteiger charge is 2.20. The Morgan fingerprint density at radius 3 is 2.45 bits per heavy atom. The molecule has 1 amide bonds.